The molecule has 43 heavy (non-hydrogen) atoms. The van der Waals surface area contributed by atoms with Gasteiger partial charge in [0.05, 0.1) is 22.8 Å². The molecule has 0 aromatic heterocycles. The predicted molar refractivity (Wildman–Crippen MR) is 132 cm³/mol. The van der Waals surface area contributed by atoms with Gasteiger partial charge in [0.15, 0.2) is 5.82 Å². The van der Waals surface area contributed by atoms with E-state index in [2.05, 4.69) is 10.5 Å². The maximum atomic E-state index is 14.4. The van der Waals surface area contributed by atoms with Gasteiger partial charge in [-0.25, -0.2) is 4.39 Å². The van der Waals surface area contributed by atoms with E-state index in [4.69, 9.17) is 16.4 Å². The largest absolute Gasteiger partial charge is 0.435 e. The van der Waals surface area contributed by atoms with Crippen molar-refractivity contribution in [2.75, 3.05) is 13.1 Å². The van der Waals surface area contributed by atoms with Gasteiger partial charge in [-0.05, 0) is 29.0 Å². The minimum Gasteiger partial charge on any atom is -0.374 e. The molecule has 0 aliphatic carbocycles. The van der Waals surface area contributed by atoms with Gasteiger partial charge in [-0.2, -0.15) is 39.5 Å². The number of carbonyl (C=O) groups excluding carboxylic acids is 2. The molecule has 0 fully saturated rings. The van der Waals surface area contributed by atoms with Gasteiger partial charge in [0.25, 0.3) is 11.5 Å². The van der Waals surface area contributed by atoms with Crippen LogP contribution < -0.4 is 10.6 Å². The second kappa shape index (κ2) is 11.2. The molecule has 4 rings (SSSR count). The van der Waals surface area contributed by atoms with Crippen molar-refractivity contribution >= 4 is 39.9 Å². The molecule has 2 amide bonds. The number of oxime groups is 1. The van der Waals surface area contributed by atoms with E-state index in [-0.39, 0.29) is 33.7 Å². The zero-order valence-corrected chi connectivity index (χ0v) is 21.8. The molecule has 3 aromatic carbocycles. The number of rotatable bonds is 6. The van der Waals surface area contributed by atoms with Crippen molar-refractivity contribution < 1.29 is 58.3 Å². The lowest BCUT2D eigenvalue weighted by Crippen LogP contribution is -2.43. The fourth-order valence-corrected chi connectivity index (χ4v) is 4.56. The summed E-state index contributed by atoms with van der Waals surface area (Å²) in [7, 11) is 0. The Morgan fingerprint density at radius 1 is 0.930 bits per heavy atom. The number of benzene rings is 3. The van der Waals surface area contributed by atoms with Crippen molar-refractivity contribution in [2.24, 2.45) is 5.16 Å². The van der Waals surface area contributed by atoms with E-state index < -0.39 is 77.4 Å². The first kappa shape index (κ1) is 31.8. The topological polar surface area (TPSA) is 79.8 Å². The smallest absolute Gasteiger partial charge is 0.374 e. The van der Waals surface area contributed by atoms with Crippen molar-refractivity contribution in [1.29, 1.82) is 0 Å². The first-order chi connectivity index (χ1) is 19.8. The van der Waals surface area contributed by atoms with Gasteiger partial charge in [0, 0.05) is 23.1 Å². The standard InChI is InChI=1S/C26H16ClF10N3O3/c27-18-8-12(7-17(21(18)28)25(32,33)34)23(26(35,36)37)9-19(40-43-23)15-5-6-16(14-4-2-1-3-13(14)15)22(42)38-10-20(41)39-11-24(29,30)31/h1-8H,9-11H2,(H,38,42)(H,39,41)/t23-/m1/s1. The molecular formula is C26H16ClF10N3O3. The first-order valence-electron chi connectivity index (χ1n) is 11.9. The van der Waals surface area contributed by atoms with Gasteiger partial charge in [0.1, 0.15) is 6.54 Å². The molecule has 230 valence electrons. The average molecular weight is 644 g/mol. The molecule has 0 spiro atoms. The summed E-state index contributed by atoms with van der Waals surface area (Å²) in [6.45, 7) is -2.44. The molecule has 2 N–H and O–H groups in total. The molecule has 17 heteroatoms. The number of fused-ring (bicyclic) bond motifs is 1. The zero-order valence-electron chi connectivity index (χ0n) is 21.1. The van der Waals surface area contributed by atoms with Crippen LogP contribution in [0.1, 0.15) is 33.5 Å². The molecule has 1 atom stereocenters. The van der Waals surface area contributed by atoms with Crippen LogP contribution in [0.5, 0.6) is 0 Å². The predicted octanol–water partition coefficient (Wildman–Crippen LogP) is 6.64. The Kier molecular flexibility index (Phi) is 8.30. The molecule has 0 saturated heterocycles. The second-order valence-corrected chi connectivity index (χ2v) is 9.64. The SMILES string of the molecule is O=C(CNC(=O)c1ccc(C2=NO[C@](c3cc(Cl)c(F)c(C(F)(F)F)c3)(C(F)(F)F)C2)c2ccccc12)NCC(F)(F)F. The summed E-state index contributed by atoms with van der Waals surface area (Å²) in [5, 5.41) is 6.27. The Labute approximate surface area is 239 Å². The van der Waals surface area contributed by atoms with Crippen molar-refractivity contribution in [3.8, 4) is 0 Å². The number of hydrogen-bond donors (Lipinski definition) is 2. The van der Waals surface area contributed by atoms with Gasteiger partial charge in [-0.3, -0.25) is 9.59 Å². The van der Waals surface area contributed by atoms with Gasteiger partial charge in [0.2, 0.25) is 5.91 Å². The summed E-state index contributed by atoms with van der Waals surface area (Å²) < 4.78 is 134. The third kappa shape index (κ3) is 6.48. The minimum atomic E-state index is -5.38. The average Bonchev–Trinajstić information content (AvgIpc) is 3.37. The number of amides is 2. The number of nitrogens with one attached hydrogen (secondary N) is 2. The highest BCUT2D eigenvalue weighted by molar-refractivity contribution is 6.31. The zero-order chi connectivity index (χ0) is 32.0. The van der Waals surface area contributed by atoms with Crippen LogP contribution in [-0.2, 0) is 21.4 Å². The number of nitrogens with zero attached hydrogens (tertiary/aromatic N) is 1. The summed E-state index contributed by atoms with van der Waals surface area (Å²) in [4.78, 5) is 29.2. The van der Waals surface area contributed by atoms with Crippen LogP contribution in [0.2, 0.25) is 5.02 Å². The maximum absolute atomic E-state index is 14.4. The van der Waals surface area contributed by atoms with E-state index >= 15 is 0 Å². The molecule has 0 bridgehead atoms. The molecule has 1 aliphatic heterocycles. The first-order valence-corrected chi connectivity index (χ1v) is 12.2. The van der Waals surface area contributed by atoms with Gasteiger partial charge < -0.3 is 15.5 Å². The van der Waals surface area contributed by atoms with E-state index in [0.29, 0.717) is 6.07 Å². The lowest BCUT2D eigenvalue weighted by Gasteiger charge is -2.30. The van der Waals surface area contributed by atoms with E-state index in [1.807, 2.05) is 0 Å². The summed E-state index contributed by atoms with van der Waals surface area (Å²) in [5.74, 6) is -4.01. The fraction of sp³-hybridized carbons (Fsp3) is 0.269. The number of alkyl halides is 9. The lowest BCUT2D eigenvalue weighted by atomic mass is 9.84. The van der Waals surface area contributed by atoms with Crippen LogP contribution in [0, 0.1) is 5.82 Å². The number of carbonyl (C=O) groups is 2. The molecule has 6 nitrogen and oxygen atoms in total. The van der Waals surface area contributed by atoms with Gasteiger partial charge >= 0.3 is 18.5 Å². The minimum absolute atomic E-state index is 0.00884. The van der Waals surface area contributed by atoms with Crippen LogP contribution in [0.4, 0.5) is 43.9 Å². The monoisotopic (exact) mass is 643 g/mol. The Balaban J connectivity index is 1.67. The summed E-state index contributed by atoms with van der Waals surface area (Å²) >= 11 is 5.53. The fourth-order valence-electron chi connectivity index (χ4n) is 4.34. The third-order valence-electron chi connectivity index (χ3n) is 6.36. The summed E-state index contributed by atoms with van der Waals surface area (Å²) in [5.41, 5.74) is -7.18. The Morgan fingerprint density at radius 2 is 1.58 bits per heavy atom. The van der Waals surface area contributed by atoms with E-state index in [0.717, 1.165) is 6.07 Å². The highest BCUT2D eigenvalue weighted by Crippen LogP contribution is 2.51. The third-order valence-corrected chi connectivity index (χ3v) is 6.64. The summed E-state index contributed by atoms with van der Waals surface area (Å²) in [6.07, 6.45) is -16.6. The van der Waals surface area contributed by atoms with E-state index in [9.17, 15) is 53.5 Å². The van der Waals surface area contributed by atoms with Gasteiger partial charge in [-0.1, -0.05) is 47.1 Å². The van der Waals surface area contributed by atoms with Crippen LogP contribution >= 0.6 is 11.6 Å². The Hall–Kier alpha value is -4.08. The maximum Gasteiger partial charge on any atom is 0.435 e. The lowest BCUT2D eigenvalue weighted by molar-refractivity contribution is -0.276. The molecular weight excluding hydrogens is 628 g/mol. The number of halogens is 11. The Morgan fingerprint density at radius 3 is 2.19 bits per heavy atom. The van der Waals surface area contributed by atoms with E-state index in [1.54, 1.807) is 5.32 Å². The quantitative estimate of drug-likeness (QED) is 0.296. The van der Waals surface area contributed by atoms with Crippen molar-refractivity contribution in [1.82, 2.24) is 10.6 Å². The normalized spacial score (nSPS) is 17.4. The summed E-state index contributed by atoms with van der Waals surface area (Å²) in [6, 6.07) is 8.34. The van der Waals surface area contributed by atoms with Crippen LogP contribution in [-0.4, -0.2) is 43.0 Å². The Bertz CT molecular complexity index is 1620. The molecule has 0 radical (unpaired) electrons. The molecule has 1 heterocycles. The van der Waals surface area contributed by atoms with E-state index in [1.165, 1.54) is 30.3 Å². The molecule has 0 unspecified atom stereocenters. The van der Waals surface area contributed by atoms with Gasteiger partial charge in [-0.15, -0.1) is 0 Å². The van der Waals surface area contributed by atoms with Crippen LogP contribution in [0.25, 0.3) is 10.8 Å². The highest BCUT2D eigenvalue weighted by Gasteiger charge is 2.63. The molecule has 0 saturated carbocycles. The van der Waals surface area contributed by atoms with Crippen LogP contribution in [0.3, 0.4) is 0 Å². The number of hydrogen-bond acceptors (Lipinski definition) is 4. The highest BCUT2D eigenvalue weighted by atomic mass is 35.5. The molecule has 1 aliphatic rings. The van der Waals surface area contributed by atoms with Crippen molar-refractivity contribution in [3.63, 3.8) is 0 Å². The second-order valence-electron chi connectivity index (χ2n) is 9.23. The molecule has 3 aromatic rings. The van der Waals surface area contributed by atoms with Crippen molar-refractivity contribution in [2.45, 2.75) is 30.6 Å². The van der Waals surface area contributed by atoms with Crippen LogP contribution in [0.15, 0.2) is 53.7 Å². The van der Waals surface area contributed by atoms with Crippen molar-refractivity contribution in [3.05, 3.63) is 81.6 Å².